The van der Waals surface area contributed by atoms with Crippen LogP contribution in [0.2, 0.25) is 0 Å². The number of nitrogens with one attached hydrogen (secondary N) is 2. The van der Waals surface area contributed by atoms with E-state index in [1.807, 2.05) is 17.9 Å². The van der Waals surface area contributed by atoms with Gasteiger partial charge >= 0.3 is 0 Å². The van der Waals surface area contributed by atoms with Crippen LogP contribution in [0, 0.1) is 5.92 Å². The summed E-state index contributed by atoms with van der Waals surface area (Å²) in [5, 5.41) is 11.1. The molecule has 0 spiro atoms. The number of aryl methyl sites for hydroxylation is 2. The molecule has 1 aliphatic heterocycles. The second kappa shape index (κ2) is 12.0. The topological polar surface area (TPSA) is 66.7 Å². The molecule has 1 atom stereocenters. The van der Waals surface area contributed by atoms with Crippen LogP contribution in [0.4, 0.5) is 0 Å². The van der Waals surface area contributed by atoms with Crippen LogP contribution in [-0.2, 0) is 18.2 Å². The number of aliphatic imine (C=N–C) groups is 1. The van der Waals surface area contributed by atoms with Crippen molar-refractivity contribution in [2.45, 2.75) is 46.1 Å². The molecule has 2 rings (SSSR count). The molecule has 0 aromatic carbocycles. The maximum atomic E-state index is 5.51. The zero-order valence-corrected chi connectivity index (χ0v) is 17.6. The first-order chi connectivity index (χ1) is 13.1. The van der Waals surface area contributed by atoms with E-state index in [1.165, 1.54) is 12.0 Å². The van der Waals surface area contributed by atoms with Crippen molar-refractivity contribution in [1.82, 2.24) is 25.3 Å². The highest BCUT2D eigenvalue weighted by Gasteiger charge is 2.21. The molecule has 0 aliphatic carbocycles. The van der Waals surface area contributed by atoms with Crippen molar-refractivity contribution in [3.63, 3.8) is 0 Å². The van der Waals surface area contributed by atoms with Gasteiger partial charge in [0.15, 0.2) is 5.96 Å². The van der Waals surface area contributed by atoms with Gasteiger partial charge in [-0.2, -0.15) is 5.10 Å². The number of hydrogen-bond donors (Lipinski definition) is 2. The summed E-state index contributed by atoms with van der Waals surface area (Å²) < 4.78 is 7.37. The lowest BCUT2D eigenvalue weighted by molar-refractivity contribution is 0.0143. The SMILES string of the molecule is CCNC(=NCC(CC(C)C)N1CCOCC1)NCCCc1cnn(C)c1. The third-order valence-corrected chi connectivity index (χ3v) is 4.80. The van der Waals surface area contributed by atoms with Crippen LogP contribution in [-0.4, -0.2) is 72.6 Å². The maximum absolute atomic E-state index is 5.51. The number of hydrogen-bond acceptors (Lipinski definition) is 4. The predicted molar refractivity (Wildman–Crippen MR) is 111 cm³/mol. The van der Waals surface area contributed by atoms with Crippen molar-refractivity contribution in [2.75, 3.05) is 45.9 Å². The first-order valence-electron chi connectivity index (χ1n) is 10.4. The van der Waals surface area contributed by atoms with Crippen molar-refractivity contribution in [3.05, 3.63) is 18.0 Å². The molecule has 0 saturated carbocycles. The highest BCUT2D eigenvalue weighted by Crippen LogP contribution is 2.14. The molecule has 1 fully saturated rings. The Bertz CT molecular complexity index is 550. The Morgan fingerprint density at radius 2 is 2.07 bits per heavy atom. The Kier molecular flexibility index (Phi) is 9.62. The third-order valence-electron chi connectivity index (χ3n) is 4.80. The van der Waals surface area contributed by atoms with Gasteiger partial charge in [-0.1, -0.05) is 13.8 Å². The molecular formula is C20H38N6O. The van der Waals surface area contributed by atoms with Crippen molar-refractivity contribution in [2.24, 2.45) is 18.0 Å². The molecular weight excluding hydrogens is 340 g/mol. The minimum Gasteiger partial charge on any atom is -0.379 e. The van der Waals surface area contributed by atoms with E-state index in [0.717, 1.165) is 64.7 Å². The molecule has 2 N–H and O–H groups in total. The Morgan fingerprint density at radius 3 is 2.70 bits per heavy atom. The molecule has 0 bridgehead atoms. The fourth-order valence-corrected chi connectivity index (χ4v) is 3.46. The van der Waals surface area contributed by atoms with Crippen LogP contribution in [0.3, 0.4) is 0 Å². The van der Waals surface area contributed by atoms with Crippen molar-refractivity contribution < 1.29 is 4.74 Å². The molecule has 27 heavy (non-hydrogen) atoms. The van der Waals surface area contributed by atoms with E-state index in [9.17, 15) is 0 Å². The second-order valence-corrected chi connectivity index (χ2v) is 7.70. The zero-order chi connectivity index (χ0) is 19.5. The number of guanidine groups is 1. The molecule has 1 unspecified atom stereocenters. The van der Waals surface area contributed by atoms with Gasteiger partial charge in [0.1, 0.15) is 0 Å². The number of aromatic nitrogens is 2. The van der Waals surface area contributed by atoms with E-state index >= 15 is 0 Å². The molecule has 7 nitrogen and oxygen atoms in total. The van der Waals surface area contributed by atoms with Crippen LogP contribution >= 0.6 is 0 Å². The van der Waals surface area contributed by atoms with E-state index in [4.69, 9.17) is 9.73 Å². The lowest BCUT2D eigenvalue weighted by atomic mass is 10.0. The van der Waals surface area contributed by atoms with Crippen molar-refractivity contribution >= 4 is 5.96 Å². The molecule has 1 aromatic rings. The highest BCUT2D eigenvalue weighted by molar-refractivity contribution is 5.79. The monoisotopic (exact) mass is 378 g/mol. The summed E-state index contributed by atoms with van der Waals surface area (Å²) in [4.78, 5) is 7.43. The average molecular weight is 379 g/mol. The van der Waals surface area contributed by atoms with Crippen LogP contribution < -0.4 is 10.6 Å². The van der Waals surface area contributed by atoms with Gasteiger partial charge in [-0.25, -0.2) is 0 Å². The largest absolute Gasteiger partial charge is 0.379 e. The third kappa shape index (κ3) is 8.30. The fourth-order valence-electron chi connectivity index (χ4n) is 3.46. The van der Waals surface area contributed by atoms with E-state index < -0.39 is 0 Å². The van der Waals surface area contributed by atoms with E-state index in [0.29, 0.717) is 12.0 Å². The molecule has 7 heteroatoms. The summed E-state index contributed by atoms with van der Waals surface area (Å²) in [5.41, 5.74) is 1.28. The summed E-state index contributed by atoms with van der Waals surface area (Å²) in [6.07, 6.45) is 7.29. The highest BCUT2D eigenvalue weighted by atomic mass is 16.5. The van der Waals surface area contributed by atoms with Gasteiger partial charge in [0, 0.05) is 45.5 Å². The smallest absolute Gasteiger partial charge is 0.191 e. The summed E-state index contributed by atoms with van der Waals surface area (Å²) in [6.45, 7) is 13.0. The first kappa shape index (κ1) is 21.7. The number of rotatable bonds is 10. The van der Waals surface area contributed by atoms with Gasteiger partial charge in [0.2, 0.25) is 0 Å². The van der Waals surface area contributed by atoms with Crippen LogP contribution in [0.25, 0.3) is 0 Å². The van der Waals surface area contributed by atoms with Gasteiger partial charge < -0.3 is 15.4 Å². The summed E-state index contributed by atoms with van der Waals surface area (Å²) in [6, 6.07) is 0.486. The number of morpholine rings is 1. The van der Waals surface area contributed by atoms with Gasteiger partial charge in [-0.15, -0.1) is 0 Å². The standard InChI is InChI=1S/C20H38N6O/c1-5-21-20(22-8-6-7-18-14-24-25(4)16-18)23-15-19(13-17(2)3)26-9-11-27-12-10-26/h14,16-17,19H,5-13,15H2,1-4H3,(H2,21,22,23). The molecule has 1 aliphatic rings. The lowest BCUT2D eigenvalue weighted by Crippen LogP contribution is -2.46. The Labute approximate surface area is 164 Å². The van der Waals surface area contributed by atoms with Crippen LogP contribution in [0.5, 0.6) is 0 Å². The maximum Gasteiger partial charge on any atom is 0.191 e. The van der Waals surface area contributed by atoms with Crippen LogP contribution in [0.1, 0.15) is 39.2 Å². The Hall–Kier alpha value is -1.60. The quantitative estimate of drug-likeness (QED) is 0.368. The van der Waals surface area contributed by atoms with Gasteiger partial charge in [0.05, 0.1) is 26.0 Å². The van der Waals surface area contributed by atoms with Crippen molar-refractivity contribution in [1.29, 1.82) is 0 Å². The molecule has 0 radical (unpaired) electrons. The second-order valence-electron chi connectivity index (χ2n) is 7.70. The number of ether oxygens (including phenoxy) is 1. The molecule has 2 heterocycles. The molecule has 154 valence electrons. The summed E-state index contributed by atoms with van der Waals surface area (Å²) in [5.74, 6) is 1.59. The summed E-state index contributed by atoms with van der Waals surface area (Å²) >= 11 is 0. The lowest BCUT2D eigenvalue weighted by Gasteiger charge is -2.34. The van der Waals surface area contributed by atoms with Gasteiger partial charge in [-0.3, -0.25) is 14.6 Å². The van der Waals surface area contributed by atoms with E-state index in [2.05, 4.69) is 47.6 Å². The Balaban J connectivity index is 1.82. The van der Waals surface area contributed by atoms with Gasteiger partial charge in [0.25, 0.3) is 0 Å². The normalized spacial score (nSPS) is 17.3. The molecule has 0 amide bonds. The molecule has 1 saturated heterocycles. The van der Waals surface area contributed by atoms with E-state index in [-0.39, 0.29) is 0 Å². The Morgan fingerprint density at radius 1 is 1.30 bits per heavy atom. The van der Waals surface area contributed by atoms with Gasteiger partial charge in [-0.05, 0) is 37.7 Å². The summed E-state index contributed by atoms with van der Waals surface area (Å²) in [7, 11) is 1.96. The van der Waals surface area contributed by atoms with Crippen LogP contribution in [0.15, 0.2) is 17.4 Å². The average Bonchev–Trinajstić information content (AvgIpc) is 3.07. The van der Waals surface area contributed by atoms with Crippen molar-refractivity contribution in [3.8, 4) is 0 Å². The van der Waals surface area contributed by atoms with E-state index in [1.54, 1.807) is 0 Å². The zero-order valence-electron chi connectivity index (χ0n) is 17.6. The minimum atomic E-state index is 0.486. The number of nitrogens with zero attached hydrogens (tertiary/aromatic N) is 4. The molecule has 1 aromatic heterocycles. The first-order valence-corrected chi connectivity index (χ1v) is 10.4. The predicted octanol–water partition coefficient (Wildman–Crippen LogP) is 1.65. The minimum absolute atomic E-state index is 0.486. The fraction of sp³-hybridized carbons (Fsp3) is 0.800.